The molecule has 1 unspecified atom stereocenters. The Morgan fingerprint density at radius 1 is 1.15 bits per heavy atom. The van der Waals surface area contributed by atoms with Crippen LogP contribution in [0.15, 0.2) is 53.5 Å². The number of aliphatic imine (C=N–C) groups is 1. The molecule has 0 aromatic heterocycles. The van der Waals surface area contributed by atoms with Crippen molar-refractivity contribution < 1.29 is 4.74 Å². The lowest BCUT2D eigenvalue weighted by atomic mass is 10.0. The number of anilines is 1. The molecule has 0 amide bonds. The minimum atomic E-state index is 0. The van der Waals surface area contributed by atoms with Gasteiger partial charge in [0.2, 0.25) is 0 Å². The van der Waals surface area contributed by atoms with Crippen molar-refractivity contribution in [2.45, 2.75) is 13.0 Å². The highest BCUT2D eigenvalue weighted by Crippen LogP contribution is 2.24. The van der Waals surface area contributed by atoms with Crippen molar-refractivity contribution in [2.24, 2.45) is 10.7 Å². The van der Waals surface area contributed by atoms with Crippen molar-refractivity contribution in [3.8, 4) is 0 Å². The molecule has 0 radical (unpaired) electrons. The summed E-state index contributed by atoms with van der Waals surface area (Å²) >= 11 is 6.04. The molecule has 0 saturated carbocycles. The zero-order chi connectivity index (χ0) is 18.4. The fourth-order valence-corrected chi connectivity index (χ4v) is 3.14. The number of halogens is 2. The van der Waals surface area contributed by atoms with Gasteiger partial charge in [0.25, 0.3) is 0 Å². The van der Waals surface area contributed by atoms with Crippen molar-refractivity contribution in [2.75, 3.05) is 38.2 Å². The van der Waals surface area contributed by atoms with E-state index in [2.05, 4.69) is 34.3 Å². The van der Waals surface area contributed by atoms with E-state index in [1.807, 2.05) is 36.4 Å². The van der Waals surface area contributed by atoms with Crippen LogP contribution in [0, 0.1) is 6.92 Å². The van der Waals surface area contributed by atoms with Gasteiger partial charge in [-0.15, -0.1) is 24.0 Å². The van der Waals surface area contributed by atoms with Crippen LogP contribution in [0.3, 0.4) is 0 Å². The zero-order valence-electron chi connectivity index (χ0n) is 15.4. The van der Waals surface area contributed by atoms with Gasteiger partial charge < -0.3 is 15.8 Å². The first-order valence-electron chi connectivity index (χ1n) is 8.83. The zero-order valence-corrected chi connectivity index (χ0v) is 18.5. The SMILES string of the molecule is Cc1ccc(NC(N)=NCC(c2ccc(Cl)cc2)N2CCOCC2)cc1.I. The van der Waals surface area contributed by atoms with Gasteiger partial charge in [0.1, 0.15) is 0 Å². The normalized spacial score (nSPS) is 16.4. The van der Waals surface area contributed by atoms with Crippen LogP contribution >= 0.6 is 35.6 Å². The maximum absolute atomic E-state index is 6.10. The first-order chi connectivity index (χ1) is 12.6. The third-order valence-corrected chi connectivity index (χ3v) is 4.75. The maximum atomic E-state index is 6.10. The van der Waals surface area contributed by atoms with Gasteiger partial charge in [-0.05, 0) is 36.8 Å². The molecule has 7 heteroatoms. The van der Waals surface area contributed by atoms with E-state index in [-0.39, 0.29) is 30.0 Å². The number of nitrogens with zero attached hydrogens (tertiary/aromatic N) is 2. The lowest BCUT2D eigenvalue weighted by Gasteiger charge is -2.34. The van der Waals surface area contributed by atoms with Gasteiger partial charge >= 0.3 is 0 Å². The van der Waals surface area contributed by atoms with Gasteiger partial charge in [-0.2, -0.15) is 0 Å². The van der Waals surface area contributed by atoms with Crippen molar-refractivity contribution in [3.63, 3.8) is 0 Å². The van der Waals surface area contributed by atoms with E-state index < -0.39 is 0 Å². The summed E-state index contributed by atoms with van der Waals surface area (Å²) in [6.45, 7) is 5.88. The van der Waals surface area contributed by atoms with E-state index in [9.17, 15) is 0 Å². The number of hydrogen-bond donors (Lipinski definition) is 2. The molecule has 2 aromatic carbocycles. The van der Waals surface area contributed by atoms with Crippen molar-refractivity contribution in [3.05, 3.63) is 64.7 Å². The maximum Gasteiger partial charge on any atom is 0.193 e. The summed E-state index contributed by atoms with van der Waals surface area (Å²) in [7, 11) is 0. The Bertz CT molecular complexity index is 731. The number of benzene rings is 2. The number of ether oxygens (including phenoxy) is 1. The molecule has 1 saturated heterocycles. The highest BCUT2D eigenvalue weighted by Gasteiger charge is 2.22. The van der Waals surface area contributed by atoms with Crippen LogP contribution in [0.5, 0.6) is 0 Å². The second kappa shape index (κ2) is 10.8. The molecule has 27 heavy (non-hydrogen) atoms. The van der Waals surface area contributed by atoms with Crippen LogP contribution in [0.4, 0.5) is 5.69 Å². The molecule has 1 heterocycles. The second-order valence-electron chi connectivity index (χ2n) is 6.43. The number of nitrogens with one attached hydrogen (secondary N) is 1. The Balaban J connectivity index is 0.00000261. The Morgan fingerprint density at radius 2 is 1.78 bits per heavy atom. The highest BCUT2D eigenvalue weighted by molar-refractivity contribution is 14.0. The number of rotatable bonds is 5. The Kier molecular flexibility index (Phi) is 8.82. The Morgan fingerprint density at radius 3 is 2.41 bits per heavy atom. The van der Waals surface area contributed by atoms with Crippen LogP contribution in [-0.4, -0.2) is 43.7 Å². The summed E-state index contributed by atoms with van der Waals surface area (Å²) in [6, 6.07) is 16.2. The topological polar surface area (TPSA) is 62.9 Å². The molecule has 2 aromatic rings. The van der Waals surface area contributed by atoms with Gasteiger partial charge in [-0.1, -0.05) is 41.4 Å². The average Bonchev–Trinajstić information content (AvgIpc) is 2.66. The van der Waals surface area contributed by atoms with Gasteiger partial charge in [-0.3, -0.25) is 9.89 Å². The molecule has 3 rings (SSSR count). The fraction of sp³-hybridized carbons (Fsp3) is 0.350. The van der Waals surface area contributed by atoms with Crippen LogP contribution in [-0.2, 0) is 4.74 Å². The monoisotopic (exact) mass is 500 g/mol. The molecule has 1 fully saturated rings. The Labute approximate surface area is 183 Å². The largest absolute Gasteiger partial charge is 0.379 e. The molecular formula is C20H26ClIN4O. The van der Waals surface area contributed by atoms with Crippen molar-refractivity contribution in [1.82, 2.24) is 4.90 Å². The lowest BCUT2D eigenvalue weighted by Crippen LogP contribution is -2.40. The third-order valence-electron chi connectivity index (χ3n) is 4.50. The van der Waals surface area contributed by atoms with E-state index in [0.29, 0.717) is 12.5 Å². The van der Waals surface area contributed by atoms with Gasteiger partial charge in [0.15, 0.2) is 5.96 Å². The number of nitrogens with two attached hydrogens (primary N) is 1. The van der Waals surface area contributed by atoms with Crippen molar-refractivity contribution >= 4 is 47.2 Å². The van der Waals surface area contributed by atoms with Gasteiger partial charge in [0, 0.05) is 23.8 Å². The van der Waals surface area contributed by atoms with E-state index in [0.717, 1.165) is 37.0 Å². The van der Waals surface area contributed by atoms with Gasteiger partial charge in [0.05, 0.1) is 25.8 Å². The molecular weight excluding hydrogens is 475 g/mol. The van der Waals surface area contributed by atoms with E-state index in [1.54, 1.807) is 0 Å². The summed E-state index contributed by atoms with van der Waals surface area (Å²) in [5.74, 6) is 0.418. The van der Waals surface area contributed by atoms with Crippen molar-refractivity contribution in [1.29, 1.82) is 0 Å². The predicted octanol–water partition coefficient (Wildman–Crippen LogP) is 4.07. The molecule has 1 aliphatic rings. The summed E-state index contributed by atoms with van der Waals surface area (Å²) in [5.41, 5.74) is 9.43. The molecule has 1 atom stereocenters. The summed E-state index contributed by atoms with van der Waals surface area (Å²) < 4.78 is 5.48. The number of hydrogen-bond acceptors (Lipinski definition) is 3. The molecule has 0 aliphatic carbocycles. The highest BCUT2D eigenvalue weighted by atomic mass is 127. The Hall–Kier alpha value is -1.35. The molecule has 146 valence electrons. The standard InChI is InChI=1S/C20H25ClN4O.HI/c1-15-2-8-18(9-3-15)24-20(22)23-14-19(25-10-12-26-13-11-25)16-4-6-17(21)7-5-16;/h2-9,19H,10-14H2,1H3,(H3,22,23,24);1H. The molecule has 0 spiro atoms. The van der Waals surface area contributed by atoms with Crippen LogP contribution in [0.2, 0.25) is 5.02 Å². The molecule has 3 N–H and O–H groups in total. The first kappa shape index (κ1) is 21.9. The van der Waals surface area contributed by atoms with Crippen LogP contribution in [0.25, 0.3) is 0 Å². The van der Waals surface area contributed by atoms with E-state index >= 15 is 0 Å². The van der Waals surface area contributed by atoms with Crippen LogP contribution in [0.1, 0.15) is 17.2 Å². The molecule has 1 aliphatic heterocycles. The molecule has 0 bridgehead atoms. The summed E-state index contributed by atoms with van der Waals surface area (Å²) in [4.78, 5) is 6.97. The number of guanidine groups is 1. The molecule has 5 nitrogen and oxygen atoms in total. The predicted molar refractivity (Wildman–Crippen MR) is 123 cm³/mol. The summed E-state index contributed by atoms with van der Waals surface area (Å²) in [5, 5.41) is 3.89. The second-order valence-corrected chi connectivity index (χ2v) is 6.87. The van der Waals surface area contributed by atoms with Crippen LogP contribution < -0.4 is 11.1 Å². The number of morpholine rings is 1. The quantitative estimate of drug-likeness (QED) is 0.369. The third kappa shape index (κ3) is 6.64. The first-order valence-corrected chi connectivity index (χ1v) is 9.20. The minimum Gasteiger partial charge on any atom is -0.379 e. The van der Waals surface area contributed by atoms with E-state index in [4.69, 9.17) is 22.1 Å². The minimum absolute atomic E-state index is 0. The van der Waals surface area contributed by atoms with Gasteiger partial charge in [-0.25, -0.2) is 0 Å². The fourth-order valence-electron chi connectivity index (χ4n) is 3.01. The average molecular weight is 501 g/mol. The number of aryl methyl sites for hydroxylation is 1. The van der Waals surface area contributed by atoms with E-state index in [1.165, 1.54) is 11.1 Å². The smallest absolute Gasteiger partial charge is 0.193 e. The summed E-state index contributed by atoms with van der Waals surface area (Å²) in [6.07, 6.45) is 0. The lowest BCUT2D eigenvalue weighted by molar-refractivity contribution is 0.0180.